The maximum atomic E-state index is 12.2. The van der Waals surface area contributed by atoms with Gasteiger partial charge in [-0.2, -0.15) is 4.98 Å². The highest BCUT2D eigenvalue weighted by molar-refractivity contribution is 5.96. The molecule has 3 rings (SSSR count). The van der Waals surface area contributed by atoms with E-state index in [0.717, 1.165) is 5.69 Å². The molecule has 1 amide bonds. The molecule has 0 saturated carbocycles. The Morgan fingerprint density at radius 2 is 2.25 bits per heavy atom. The van der Waals surface area contributed by atoms with Crippen molar-refractivity contribution in [2.24, 2.45) is 0 Å². The second kappa shape index (κ2) is 5.07. The number of amides is 1. The molecule has 5 heteroatoms. The highest BCUT2D eigenvalue weighted by Gasteiger charge is 2.34. The number of nitrogens with zero attached hydrogens (tertiary/aromatic N) is 3. The van der Waals surface area contributed by atoms with Crippen LogP contribution in [0, 0.1) is 0 Å². The Balaban J connectivity index is 1.84. The van der Waals surface area contributed by atoms with Crippen LogP contribution in [0.1, 0.15) is 43.5 Å². The summed E-state index contributed by atoms with van der Waals surface area (Å²) < 4.78 is 4.76. The zero-order valence-electron chi connectivity index (χ0n) is 11.6. The quantitative estimate of drug-likeness (QED) is 0.861. The number of anilines is 1. The van der Waals surface area contributed by atoms with Crippen molar-refractivity contribution in [1.29, 1.82) is 0 Å². The van der Waals surface area contributed by atoms with E-state index >= 15 is 0 Å². The van der Waals surface area contributed by atoms with Crippen LogP contribution in [0.15, 0.2) is 35.2 Å². The van der Waals surface area contributed by atoms with Gasteiger partial charge in [0.15, 0.2) is 5.82 Å². The number of hydrogen-bond acceptors (Lipinski definition) is 4. The van der Waals surface area contributed by atoms with Gasteiger partial charge in [-0.25, -0.2) is 0 Å². The summed E-state index contributed by atoms with van der Waals surface area (Å²) in [5.41, 5.74) is 2.19. The van der Waals surface area contributed by atoms with E-state index in [-0.39, 0.29) is 11.8 Å². The van der Waals surface area contributed by atoms with Crippen LogP contribution in [0.4, 0.5) is 5.69 Å². The zero-order chi connectivity index (χ0) is 14.1. The second-order valence-electron chi connectivity index (χ2n) is 5.44. The van der Waals surface area contributed by atoms with Gasteiger partial charge in [0.25, 0.3) is 0 Å². The standard InChI is InChI=1S/C15H17N3O2/c1-10(2)11-4-3-5-13(6-11)18-8-12(7-14(18)19)15-16-9-20-17-15/h3-6,9-10,12H,7-8H2,1-2H3. The molecule has 1 aromatic heterocycles. The molecule has 2 heterocycles. The Hall–Kier alpha value is -2.17. The SMILES string of the molecule is CC(C)c1cccc(N2CC(c3ncon3)CC2=O)c1. The molecule has 1 fully saturated rings. The molecule has 1 aromatic carbocycles. The number of carbonyl (C=O) groups excluding carboxylic acids is 1. The molecular formula is C15H17N3O2. The Bertz CT molecular complexity index is 607. The van der Waals surface area contributed by atoms with Crippen LogP contribution < -0.4 is 4.90 Å². The van der Waals surface area contributed by atoms with Gasteiger partial charge in [0.05, 0.1) is 0 Å². The molecule has 0 bridgehead atoms. The number of carbonyl (C=O) groups is 1. The van der Waals surface area contributed by atoms with E-state index in [2.05, 4.69) is 36.1 Å². The van der Waals surface area contributed by atoms with Crippen LogP contribution in [-0.4, -0.2) is 22.6 Å². The van der Waals surface area contributed by atoms with Gasteiger partial charge < -0.3 is 9.42 Å². The Kier molecular flexibility index (Phi) is 3.26. The summed E-state index contributed by atoms with van der Waals surface area (Å²) in [4.78, 5) is 18.1. The number of benzene rings is 1. The van der Waals surface area contributed by atoms with E-state index in [1.54, 1.807) is 0 Å². The van der Waals surface area contributed by atoms with Crippen molar-refractivity contribution in [1.82, 2.24) is 10.1 Å². The summed E-state index contributed by atoms with van der Waals surface area (Å²) in [6.07, 6.45) is 1.74. The Labute approximate surface area is 117 Å². The average Bonchev–Trinajstić information content (AvgIpc) is 3.07. The Morgan fingerprint density at radius 3 is 2.95 bits per heavy atom. The van der Waals surface area contributed by atoms with Crippen LogP contribution in [0.25, 0.3) is 0 Å². The predicted molar refractivity (Wildman–Crippen MR) is 74.5 cm³/mol. The maximum absolute atomic E-state index is 12.2. The van der Waals surface area contributed by atoms with Crippen molar-refractivity contribution in [3.8, 4) is 0 Å². The number of hydrogen-bond donors (Lipinski definition) is 0. The summed E-state index contributed by atoms with van der Waals surface area (Å²) in [7, 11) is 0. The lowest BCUT2D eigenvalue weighted by molar-refractivity contribution is -0.117. The summed E-state index contributed by atoms with van der Waals surface area (Å²) in [5, 5.41) is 3.84. The van der Waals surface area contributed by atoms with Gasteiger partial charge in [0.1, 0.15) is 0 Å². The molecule has 5 nitrogen and oxygen atoms in total. The molecule has 2 aromatic rings. The summed E-state index contributed by atoms with van der Waals surface area (Å²) in [6.45, 7) is 4.90. The molecule has 1 atom stereocenters. The van der Waals surface area contributed by atoms with Gasteiger partial charge in [-0.15, -0.1) is 0 Å². The van der Waals surface area contributed by atoms with Gasteiger partial charge in [-0.1, -0.05) is 31.1 Å². The third-order valence-corrected chi connectivity index (χ3v) is 3.72. The maximum Gasteiger partial charge on any atom is 0.227 e. The minimum absolute atomic E-state index is 0.0176. The largest absolute Gasteiger partial charge is 0.343 e. The van der Waals surface area contributed by atoms with Crippen molar-refractivity contribution >= 4 is 11.6 Å². The van der Waals surface area contributed by atoms with Crippen LogP contribution in [0.5, 0.6) is 0 Å². The normalized spacial score (nSPS) is 19.1. The van der Waals surface area contributed by atoms with Crippen molar-refractivity contribution in [3.63, 3.8) is 0 Å². The van der Waals surface area contributed by atoms with E-state index in [4.69, 9.17) is 4.52 Å². The Morgan fingerprint density at radius 1 is 1.40 bits per heavy atom. The highest BCUT2D eigenvalue weighted by Crippen LogP contribution is 2.31. The molecule has 0 spiro atoms. The minimum Gasteiger partial charge on any atom is -0.343 e. The molecule has 0 radical (unpaired) electrons. The van der Waals surface area contributed by atoms with E-state index < -0.39 is 0 Å². The summed E-state index contributed by atoms with van der Waals surface area (Å²) in [6, 6.07) is 8.15. The van der Waals surface area contributed by atoms with Crippen molar-refractivity contribution in [2.75, 3.05) is 11.4 Å². The van der Waals surface area contributed by atoms with Crippen molar-refractivity contribution in [2.45, 2.75) is 32.1 Å². The molecule has 1 saturated heterocycles. The second-order valence-corrected chi connectivity index (χ2v) is 5.44. The van der Waals surface area contributed by atoms with Crippen LogP contribution >= 0.6 is 0 Å². The lowest BCUT2D eigenvalue weighted by atomic mass is 10.0. The predicted octanol–water partition coefficient (Wildman–Crippen LogP) is 2.71. The van der Waals surface area contributed by atoms with Gasteiger partial charge in [0.2, 0.25) is 12.3 Å². The van der Waals surface area contributed by atoms with Gasteiger partial charge in [0, 0.05) is 24.6 Å². The topological polar surface area (TPSA) is 59.2 Å². The first-order valence-corrected chi connectivity index (χ1v) is 6.81. The van der Waals surface area contributed by atoms with E-state index in [0.29, 0.717) is 24.7 Å². The van der Waals surface area contributed by atoms with E-state index in [1.165, 1.54) is 12.0 Å². The number of aromatic nitrogens is 2. The third kappa shape index (κ3) is 2.31. The summed E-state index contributed by atoms with van der Waals surface area (Å²) >= 11 is 0. The smallest absolute Gasteiger partial charge is 0.227 e. The molecule has 1 unspecified atom stereocenters. The molecule has 20 heavy (non-hydrogen) atoms. The first-order valence-electron chi connectivity index (χ1n) is 6.81. The van der Waals surface area contributed by atoms with Gasteiger partial charge >= 0.3 is 0 Å². The molecule has 0 N–H and O–H groups in total. The fourth-order valence-corrected chi connectivity index (χ4v) is 2.54. The van der Waals surface area contributed by atoms with Gasteiger partial charge in [-0.3, -0.25) is 4.79 Å². The van der Waals surface area contributed by atoms with Gasteiger partial charge in [-0.05, 0) is 23.6 Å². The molecule has 104 valence electrons. The molecule has 1 aliphatic heterocycles. The number of rotatable bonds is 3. The first-order chi connectivity index (χ1) is 9.65. The third-order valence-electron chi connectivity index (χ3n) is 3.72. The summed E-state index contributed by atoms with van der Waals surface area (Å²) in [5.74, 6) is 1.19. The molecule has 0 aliphatic carbocycles. The van der Waals surface area contributed by atoms with Crippen LogP contribution in [0.2, 0.25) is 0 Å². The first kappa shape index (κ1) is 12.8. The zero-order valence-corrected chi connectivity index (χ0v) is 11.6. The van der Waals surface area contributed by atoms with Crippen molar-refractivity contribution < 1.29 is 9.32 Å². The van der Waals surface area contributed by atoms with E-state index in [1.807, 2.05) is 17.0 Å². The molecule has 1 aliphatic rings. The highest BCUT2D eigenvalue weighted by atomic mass is 16.5. The fourth-order valence-electron chi connectivity index (χ4n) is 2.54. The van der Waals surface area contributed by atoms with Crippen LogP contribution in [0.3, 0.4) is 0 Å². The fraction of sp³-hybridized carbons (Fsp3) is 0.400. The monoisotopic (exact) mass is 271 g/mol. The minimum atomic E-state index is 0.0176. The molecular weight excluding hydrogens is 254 g/mol. The van der Waals surface area contributed by atoms with E-state index in [9.17, 15) is 4.79 Å². The van der Waals surface area contributed by atoms with Crippen LogP contribution in [-0.2, 0) is 4.79 Å². The van der Waals surface area contributed by atoms with Crippen molar-refractivity contribution in [3.05, 3.63) is 42.0 Å². The average molecular weight is 271 g/mol. The lowest BCUT2D eigenvalue weighted by Gasteiger charge is -2.18. The lowest BCUT2D eigenvalue weighted by Crippen LogP contribution is -2.24.